The second-order valence-corrected chi connectivity index (χ2v) is 4.02. The van der Waals surface area contributed by atoms with E-state index in [1.54, 1.807) is 0 Å². The maximum absolute atomic E-state index is 5.32. The van der Waals surface area contributed by atoms with E-state index in [1.807, 2.05) is 6.07 Å². The lowest BCUT2D eigenvalue weighted by Gasteiger charge is -2.18. The second-order valence-electron chi connectivity index (χ2n) is 4.02. The Morgan fingerprint density at radius 1 is 1.17 bits per heavy atom. The Labute approximate surface area is 126 Å². The van der Waals surface area contributed by atoms with Crippen LogP contribution in [0.4, 0.5) is 0 Å². The molecule has 5 heteroatoms. The predicted molar refractivity (Wildman–Crippen MR) is 88.0 cm³/mol. The van der Waals surface area contributed by atoms with Gasteiger partial charge in [0, 0.05) is 6.54 Å². The van der Waals surface area contributed by atoms with Crippen LogP contribution in [0.25, 0.3) is 0 Å². The van der Waals surface area contributed by atoms with Gasteiger partial charge in [-0.3, -0.25) is 4.90 Å². The van der Waals surface area contributed by atoms with Crippen LogP contribution in [0.5, 0.6) is 0 Å². The van der Waals surface area contributed by atoms with E-state index in [4.69, 9.17) is 11.5 Å². The Morgan fingerprint density at radius 2 is 1.78 bits per heavy atom. The summed E-state index contributed by atoms with van der Waals surface area (Å²) >= 11 is 0. The number of halogens is 1. The molecule has 0 amide bonds. The number of nitrogens with zero attached hydrogens (tertiary/aromatic N) is 2. The molecule has 0 saturated heterocycles. The molecule has 4 nitrogen and oxygen atoms in total. The zero-order chi connectivity index (χ0) is 12.7. The number of guanidine groups is 1. The molecule has 0 unspecified atom stereocenters. The fourth-order valence-electron chi connectivity index (χ4n) is 1.71. The van der Waals surface area contributed by atoms with Gasteiger partial charge in [0.15, 0.2) is 5.96 Å². The Bertz CT molecular complexity index is 371. The van der Waals surface area contributed by atoms with Crippen molar-refractivity contribution < 1.29 is 0 Å². The Balaban J connectivity index is 0.00000289. The lowest BCUT2D eigenvalue weighted by atomic mass is 10.1. The molecule has 0 saturated carbocycles. The van der Waals surface area contributed by atoms with Crippen LogP contribution < -0.4 is 11.5 Å². The summed E-state index contributed by atoms with van der Waals surface area (Å²) in [6.45, 7) is 8.00. The van der Waals surface area contributed by atoms with E-state index in [0.717, 1.165) is 25.2 Å². The number of benzene rings is 1. The molecule has 0 fully saturated rings. The van der Waals surface area contributed by atoms with E-state index < -0.39 is 0 Å². The topological polar surface area (TPSA) is 67.6 Å². The molecule has 1 rings (SSSR count). The highest BCUT2D eigenvalue weighted by molar-refractivity contribution is 14.0. The van der Waals surface area contributed by atoms with Crippen molar-refractivity contribution in [1.29, 1.82) is 0 Å². The molecule has 0 heterocycles. The first-order chi connectivity index (χ1) is 8.15. The van der Waals surface area contributed by atoms with E-state index in [1.165, 1.54) is 5.56 Å². The normalized spacial score (nSPS) is 9.94. The standard InChI is InChI=1S/C13H22N4.HI/c1-3-17(4-2)10-12-7-5-6-11(8-12)9-16-13(14)15;/h5-8H,3-4,9-10H2,1-2H3,(H4,14,15,16);1H. The molecule has 0 radical (unpaired) electrons. The highest BCUT2D eigenvalue weighted by Gasteiger charge is 2.01. The van der Waals surface area contributed by atoms with Crippen molar-refractivity contribution in [2.75, 3.05) is 13.1 Å². The van der Waals surface area contributed by atoms with Gasteiger partial charge in [-0.05, 0) is 24.2 Å². The van der Waals surface area contributed by atoms with E-state index in [2.05, 4.69) is 41.9 Å². The van der Waals surface area contributed by atoms with Crippen LogP contribution in [0.1, 0.15) is 25.0 Å². The van der Waals surface area contributed by atoms with Crippen LogP contribution in [0.3, 0.4) is 0 Å². The molecule has 1 aromatic carbocycles. The fourth-order valence-corrected chi connectivity index (χ4v) is 1.71. The number of aliphatic imine (C=N–C) groups is 1. The van der Waals surface area contributed by atoms with Gasteiger partial charge < -0.3 is 11.5 Å². The summed E-state index contributed by atoms with van der Waals surface area (Å²) in [5.41, 5.74) is 13.1. The van der Waals surface area contributed by atoms with Crippen molar-refractivity contribution in [2.24, 2.45) is 16.5 Å². The summed E-state index contributed by atoms with van der Waals surface area (Å²) in [5, 5.41) is 0. The number of nitrogens with two attached hydrogens (primary N) is 2. The van der Waals surface area contributed by atoms with Crippen LogP contribution in [0.15, 0.2) is 29.3 Å². The number of hydrogen-bond acceptors (Lipinski definition) is 2. The van der Waals surface area contributed by atoms with Crippen molar-refractivity contribution in [2.45, 2.75) is 26.9 Å². The maximum atomic E-state index is 5.32. The maximum Gasteiger partial charge on any atom is 0.186 e. The van der Waals surface area contributed by atoms with Gasteiger partial charge in [0.2, 0.25) is 0 Å². The molecule has 0 aromatic heterocycles. The third-order valence-electron chi connectivity index (χ3n) is 2.74. The molecule has 0 aliphatic rings. The van der Waals surface area contributed by atoms with Gasteiger partial charge >= 0.3 is 0 Å². The predicted octanol–water partition coefficient (Wildman–Crippen LogP) is 1.92. The van der Waals surface area contributed by atoms with E-state index in [0.29, 0.717) is 6.54 Å². The minimum Gasteiger partial charge on any atom is -0.370 e. The Morgan fingerprint density at radius 3 is 2.33 bits per heavy atom. The number of hydrogen-bond donors (Lipinski definition) is 2. The molecular weight excluding hydrogens is 339 g/mol. The van der Waals surface area contributed by atoms with Gasteiger partial charge in [-0.25, -0.2) is 4.99 Å². The molecule has 102 valence electrons. The highest BCUT2D eigenvalue weighted by Crippen LogP contribution is 2.09. The first-order valence-corrected chi connectivity index (χ1v) is 6.01. The van der Waals surface area contributed by atoms with Crippen LogP contribution in [0, 0.1) is 0 Å². The minimum atomic E-state index is 0. The van der Waals surface area contributed by atoms with Crippen molar-refractivity contribution in [3.63, 3.8) is 0 Å². The minimum absolute atomic E-state index is 0. The molecular formula is C13H23IN4. The van der Waals surface area contributed by atoms with Crippen molar-refractivity contribution >= 4 is 29.9 Å². The first kappa shape index (κ1) is 17.2. The third kappa shape index (κ3) is 6.20. The van der Waals surface area contributed by atoms with Crippen LogP contribution in [0.2, 0.25) is 0 Å². The summed E-state index contributed by atoms with van der Waals surface area (Å²) in [6.07, 6.45) is 0. The summed E-state index contributed by atoms with van der Waals surface area (Å²) in [4.78, 5) is 6.39. The monoisotopic (exact) mass is 362 g/mol. The van der Waals surface area contributed by atoms with Gasteiger partial charge in [0.05, 0.1) is 6.54 Å². The van der Waals surface area contributed by atoms with Crippen LogP contribution >= 0.6 is 24.0 Å². The molecule has 1 aromatic rings. The molecule has 0 aliphatic heterocycles. The fraction of sp³-hybridized carbons (Fsp3) is 0.462. The van der Waals surface area contributed by atoms with Crippen molar-refractivity contribution in [1.82, 2.24) is 4.90 Å². The van der Waals surface area contributed by atoms with Crippen LogP contribution in [-0.2, 0) is 13.1 Å². The van der Waals surface area contributed by atoms with Crippen molar-refractivity contribution in [3.8, 4) is 0 Å². The van der Waals surface area contributed by atoms with Gasteiger partial charge in [-0.2, -0.15) is 0 Å². The highest BCUT2D eigenvalue weighted by atomic mass is 127. The van der Waals surface area contributed by atoms with Crippen molar-refractivity contribution in [3.05, 3.63) is 35.4 Å². The summed E-state index contributed by atoms with van der Waals surface area (Å²) in [6, 6.07) is 8.39. The largest absolute Gasteiger partial charge is 0.370 e. The van der Waals surface area contributed by atoms with Gasteiger partial charge in [0.1, 0.15) is 0 Å². The van der Waals surface area contributed by atoms with Gasteiger partial charge in [-0.15, -0.1) is 24.0 Å². The summed E-state index contributed by atoms with van der Waals surface area (Å²) < 4.78 is 0. The number of rotatable bonds is 6. The van der Waals surface area contributed by atoms with E-state index >= 15 is 0 Å². The quantitative estimate of drug-likeness (QED) is 0.462. The van der Waals surface area contributed by atoms with Crippen LogP contribution in [-0.4, -0.2) is 23.9 Å². The zero-order valence-electron chi connectivity index (χ0n) is 11.1. The van der Waals surface area contributed by atoms with E-state index in [-0.39, 0.29) is 29.9 Å². The Hall–Kier alpha value is -0.820. The molecule has 0 atom stereocenters. The third-order valence-corrected chi connectivity index (χ3v) is 2.74. The molecule has 0 bridgehead atoms. The average Bonchev–Trinajstić information content (AvgIpc) is 2.34. The lowest BCUT2D eigenvalue weighted by Crippen LogP contribution is -2.23. The molecule has 0 aliphatic carbocycles. The Kier molecular flexibility index (Phi) is 8.74. The molecule has 4 N–H and O–H groups in total. The van der Waals surface area contributed by atoms with Gasteiger partial charge in [0.25, 0.3) is 0 Å². The molecule has 0 spiro atoms. The van der Waals surface area contributed by atoms with E-state index in [9.17, 15) is 0 Å². The average molecular weight is 362 g/mol. The summed E-state index contributed by atoms with van der Waals surface area (Å²) in [5.74, 6) is 0.138. The second kappa shape index (κ2) is 9.16. The molecule has 18 heavy (non-hydrogen) atoms. The SMILES string of the molecule is CCN(CC)Cc1cccc(CN=C(N)N)c1.I. The summed E-state index contributed by atoms with van der Waals surface area (Å²) in [7, 11) is 0. The zero-order valence-corrected chi connectivity index (χ0v) is 13.4. The van der Waals surface area contributed by atoms with Gasteiger partial charge in [-0.1, -0.05) is 38.1 Å². The smallest absolute Gasteiger partial charge is 0.186 e. The lowest BCUT2D eigenvalue weighted by molar-refractivity contribution is 0.296. The first-order valence-electron chi connectivity index (χ1n) is 6.01.